The molecule has 2 aromatic rings. The van der Waals surface area contributed by atoms with Crippen LogP contribution in [0.1, 0.15) is 95.5 Å². The molecule has 42 heavy (non-hydrogen) atoms. The van der Waals surface area contributed by atoms with E-state index in [2.05, 4.69) is 52.0 Å². The topological polar surface area (TPSA) is 60.4 Å². The van der Waals surface area contributed by atoms with Gasteiger partial charge >= 0.3 is 13.2 Å². The van der Waals surface area contributed by atoms with Gasteiger partial charge in [-0.3, -0.25) is 9.89 Å². The van der Waals surface area contributed by atoms with Crippen molar-refractivity contribution in [3.63, 3.8) is 0 Å². The molecule has 6 nitrogen and oxygen atoms in total. The third-order valence-electron chi connectivity index (χ3n) is 10.1. The second-order valence-electron chi connectivity index (χ2n) is 14.8. The van der Waals surface area contributed by atoms with Gasteiger partial charge < -0.3 is 14.0 Å². The lowest BCUT2D eigenvalue weighted by molar-refractivity contribution is 0.00578. The lowest BCUT2D eigenvalue weighted by Crippen LogP contribution is -2.43. The summed E-state index contributed by atoms with van der Waals surface area (Å²) in [6, 6.07) is 9.51. The van der Waals surface area contributed by atoms with Gasteiger partial charge in [0.25, 0.3) is 0 Å². The summed E-state index contributed by atoms with van der Waals surface area (Å²) in [5.41, 5.74) is 12.2. The van der Waals surface area contributed by atoms with Crippen molar-refractivity contribution >= 4 is 30.0 Å². The van der Waals surface area contributed by atoms with Crippen LogP contribution in [0.4, 0.5) is 4.79 Å². The molecule has 3 heterocycles. The van der Waals surface area contributed by atoms with Crippen molar-refractivity contribution < 1.29 is 18.8 Å². The van der Waals surface area contributed by atoms with E-state index in [1.807, 2.05) is 31.9 Å². The molecular weight excluding hydrogens is 523 g/mol. The van der Waals surface area contributed by atoms with E-state index in [9.17, 15) is 4.79 Å². The lowest BCUT2D eigenvalue weighted by Gasteiger charge is -2.32. The number of nitrogens with zero attached hydrogens (tertiary/aromatic N) is 2. The number of carbonyl (C=O) groups is 1. The molecular formula is C35H43BN2O4. The predicted octanol–water partition coefficient (Wildman–Crippen LogP) is 6.44. The number of hydrogen-bond acceptors (Lipinski definition) is 5. The number of ether oxygens (including phenoxy) is 1. The Morgan fingerprint density at radius 3 is 2.02 bits per heavy atom. The van der Waals surface area contributed by atoms with E-state index >= 15 is 0 Å². The highest BCUT2D eigenvalue weighted by Gasteiger charge is 2.52. The number of hydrogen-bond donors (Lipinski definition) is 0. The van der Waals surface area contributed by atoms with Gasteiger partial charge in [0.05, 0.1) is 17.2 Å². The Labute approximate surface area is 250 Å². The maximum Gasteiger partial charge on any atom is 0.494 e. The van der Waals surface area contributed by atoms with E-state index in [-0.39, 0.29) is 30.5 Å². The number of aliphatic imine (C=N–C) groups is 1. The fourth-order valence-electron chi connectivity index (χ4n) is 7.31. The van der Waals surface area contributed by atoms with E-state index in [4.69, 9.17) is 19.0 Å². The number of likely N-dealkylation sites (tertiary alicyclic amines) is 1. The predicted molar refractivity (Wildman–Crippen MR) is 168 cm³/mol. The Bertz CT molecular complexity index is 1480. The average molecular weight is 567 g/mol. The normalized spacial score (nSPS) is 23.5. The molecule has 7 rings (SSSR count). The van der Waals surface area contributed by atoms with Crippen LogP contribution >= 0.6 is 0 Å². The first-order valence-corrected chi connectivity index (χ1v) is 15.7. The molecule has 0 bridgehead atoms. The Morgan fingerprint density at radius 1 is 0.929 bits per heavy atom. The number of carbonyl (C=O) groups excluding carboxylic acids is 1. The van der Waals surface area contributed by atoms with E-state index in [0.29, 0.717) is 0 Å². The molecule has 7 heteroatoms. The smallest absolute Gasteiger partial charge is 0.444 e. The molecule has 3 aliphatic heterocycles. The van der Waals surface area contributed by atoms with Crippen LogP contribution < -0.4 is 5.46 Å². The first-order valence-electron chi connectivity index (χ1n) is 15.7. The van der Waals surface area contributed by atoms with Gasteiger partial charge in [-0.1, -0.05) is 24.3 Å². The zero-order chi connectivity index (χ0) is 29.6. The van der Waals surface area contributed by atoms with Crippen molar-refractivity contribution in [2.24, 2.45) is 4.99 Å². The van der Waals surface area contributed by atoms with Gasteiger partial charge in [-0.2, -0.15) is 0 Å². The maximum atomic E-state index is 12.9. The van der Waals surface area contributed by atoms with Gasteiger partial charge in [-0.05, 0) is 137 Å². The lowest BCUT2D eigenvalue weighted by atomic mass is 9.69. The van der Waals surface area contributed by atoms with Crippen molar-refractivity contribution in [1.82, 2.24) is 4.90 Å². The fourth-order valence-corrected chi connectivity index (χ4v) is 7.31. The molecule has 1 atom stereocenters. The van der Waals surface area contributed by atoms with Crippen molar-refractivity contribution in [3.05, 3.63) is 58.3 Å². The van der Waals surface area contributed by atoms with Crippen LogP contribution in [-0.2, 0) is 39.7 Å². The third-order valence-corrected chi connectivity index (χ3v) is 10.1. The molecule has 0 radical (unpaired) electrons. The largest absolute Gasteiger partial charge is 0.494 e. The molecule has 2 aromatic carbocycles. The first kappa shape index (κ1) is 27.9. The van der Waals surface area contributed by atoms with Crippen molar-refractivity contribution in [3.8, 4) is 11.1 Å². The van der Waals surface area contributed by atoms with Gasteiger partial charge in [-0.25, -0.2) is 4.79 Å². The summed E-state index contributed by atoms with van der Waals surface area (Å²) in [7, 11) is -0.323. The summed E-state index contributed by atoms with van der Waals surface area (Å²) in [6.07, 6.45) is 8.66. The number of benzene rings is 2. The summed E-state index contributed by atoms with van der Waals surface area (Å²) in [6.45, 7) is 15.0. The highest BCUT2D eigenvalue weighted by molar-refractivity contribution is 6.62. The Morgan fingerprint density at radius 2 is 1.48 bits per heavy atom. The van der Waals surface area contributed by atoms with Gasteiger partial charge in [0, 0.05) is 24.9 Å². The Hall–Kier alpha value is -2.90. The second kappa shape index (κ2) is 9.55. The molecule has 0 saturated carbocycles. The summed E-state index contributed by atoms with van der Waals surface area (Å²) in [4.78, 5) is 19.7. The van der Waals surface area contributed by atoms with Gasteiger partial charge in [-0.15, -0.1) is 0 Å². The fraction of sp³-hybridized carbons (Fsp3) is 0.543. The molecule has 2 aliphatic carbocycles. The van der Waals surface area contributed by atoms with Crippen molar-refractivity contribution in [2.75, 3.05) is 6.54 Å². The zero-order valence-electron chi connectivity index (χ0n) is 26.2. The van der Waals surface area contributed by atoms with E-state index < -0.39 is 5.60 Å². The van der Waals surface area contributed by atoms with Crippen LogP contribution in [0.25, 0.3) is 16.7 Å². The minimum absolute atomic E-state index is 0.0252. The molecule has 0 aromatic heterocycles. The molecule has 0 unspecified atom stereocenters. The van der Waals surface area contributed by atoms with E-state index in [1.54, 1.807) is 0 Å². The van der Waals surface area contributed by atoms with E-state index in [1.165, 1.54) is 44.5 Å². The maximum absolute atomic E-state index is 12.9. The average Bonchev–Trinajstić information content (AvgIpc) is 3.63. The highest BCUT2D eigenvalue weighted by atomic mass is 16.7. The van der Waals surface area contributed by atoms with Crippen molar-refractivity contribution in [1.29, 1.82) is 0 Å². The minimum Gasteiger partial charge on any atom is -0.444 e. The van der Waals surface area contributed by atoms with Crippen LogP contribution in [0.3, 0.4) is 0 Å². The number of amides is 1. The quantitative estimate of drug-likeness (QED) is 0.402. The highest BCUT2D eigenvalue weighted by Crippen LogP contribution is 2.45. The SMILES string of the molecule is CC(C)(C)OC(=O)N1CCC[C@H]1C1=NC=C(c2cc3c4c(c2)CCc2cc(B5OC(C)(C)C(C)(C)O5)cc(c2-4)CC3)C1. The molecule has 5 aliphatic rings. The number of aryl methyl sites for hydroxylation is 4. The molecule has 1 amide bonds. The van der Waals surface area contributed by atoms with Gasteiger partial charge in [0.2, 0.25) is 0 Å². The Balaban J connectivity index is 1.13. The minimum atomic E-state index is -0.498. The van der Waals surface area contributed by atoms with Gasteiger partial charge in [0.1, 0.15) is 5.60 Å². The van der Waals surface area contributed by atoms with Crippen LogP contribution in [0.2, 0.25) is 0 Å². The van der Waals surface area contributed by atoms with Crippen LogP contribution in [0, 0.1) is 0 Å². The van der Waals surface area contributed by atoms with Crippen LogP contribution in [-0.4, -0.2) is 53.2 Å². The molecule has 0 spiro atoms. The zero-order valence-corrected chi connectivity index (χ0v) is 26.2. The second-order valence-corrected chi connectivity index (χ2v) is 14.8. The van der Waals surface area contributed by atoms with Crippen LogP contribution in [0.5, 0.6) is 0 Å². The van der Waals surface area contributed by atoms with E-state index in [0.717, 1.165) is 62.7 Å². The van der Waals surface area contributed by atoms with Crippen LogP contribution in [0.15, 0.2) is 35.5 Å². The van der Waals surface area contributed by atoms with Gasteiger partial charge in [0.15, 0.2) is 0 Å². The summed E-state index contributed by atoms with van der Waals surface area (Å²) < 4.78 is 18.5. The summed E-state index contributed by atoms with van der Waals surface area (Å²) in [5.74, 6) is 0. The Kier molecular flexibility index (Phi) is 6.35. The number of allylic oxidation sites excluding steroid dienone is 1. The molecule has 0 N–H and O–H groups in total. The standard InChI is InChI=1S/C35H43BN2O4/c1-33(2,3)40-32(39)38-14-8-9-29(38)28-19-26(20-37-28)25-15-21-10-12-23-17-27(36-41-34(4,5)35(6,7)42-36)18-24-13-11-22(16-25)30(21)31(23)24/h15-18,20,29H,8-14,19H2,1-7H3/t29-/m0/s1. The summed E-state index contributed by atoms with van der Waals surface area (Å²) >= 11 is 0. The third kappa shape index (κ3) is 4.64. The first-order chi connectivity index (χ1) is 19.8. The molecule has 220 valence electrons. The molecule has 2 saturated heterocycles. The van der Waals surface area contributed by atoms with Crippen molar-refractivity contribution in [2.45, 2.75) is 116 Å². The monoisotopic (exact) mass is 566 g/mol. The summed E-state index contributed by atoms with van der Waals surface area (Å²) in [5, 5.41) is 0. The number of rotatable bonds is 3. The molecule has 2 fully saturated rings.